The summed E-state index contributed by atoms with van der Waals surface area (Å²) in [6, 6.07) is 4.18. The second-order valence-electron chi connectivity index (χ2n) is 2.50. The van der Waals surface area contributed by atoms with Crippen LogP contribution in [0, 0.1) is 5.92 Å². The maximum Gasteiger partial charge on any atom is 0.0417 e. The Balaban J connectivity index is 2.68. The van der Waals surface area contributed by atoms with Crippen LogP contribution >= 0.6 is 24.0 Å². The first-order chi connectivity index (χ1) is 4.72. The molecule has 1 heterocycles. The standard InChI is InChI=1S/C8H11S2/c1-6(2)8(9)7-4-3-5-10-7/h3-5,8-9H,1-2H3. The number of hydrogen-bond acceptors (Lipinski definition) is 2. The highest BCUT2D eigenvalue weighted by Crippen LogP contribution is 2.32. The summed E-state index contributed by atoms with van der Waals surface area (Å²) in [4.78, 5) is 1.34. The van der Waals surface area contributed by atoms with Crippen molar-refractivity contribution in [1.29, 1.82) is 0 Å². The average Bonchev–Trinajstić information content (AvgIpc) is 2.36. The summed E-state index contributed by atoms with van der Waals surface area (Å²) < 4.78 is 0. The van der Waals surface area contributed by atoms with E-state index in [2.05, 4.69) is 44.0 Å². The molecule has 10 heavy (non-hydrogen) atoms. The smallest absolute Gasteiger partial charge is 0.0417 e. The lowest BCUT2D eigenvalue weighted by molar-refractivity contribution is 0.957. The summed E-state index contributed by atoms with van der Waals surface area (Å²) in [6.45, 7) is 4.22. The van der Waals surface area contributed by atoms with E-state index in [4.69, 9.17) is 0 Å². The molecule has 0 aliphatic rings. The molecule has 0 saturated carbocycles. The summed E-state index contributed by atoms with van der Waals surface area (Å²) in [5.74, 6) is 1.35. The van der Waals surface area contributed by atoms with Crippen molar-refractivity contribution in [2.45, 2.75) is 19.1 Å². The van der Waals surface area contributed by atoms with Gasteiger partial charge in [0.2, 0.25) is 0 Å². The van der Waals surface area contributed by atoms with Gasteiger partial charge >= 0.3 is 0 Å². The topological polar surface area (TPSA) is 0 Å². The van der Waals surface area contributed by atoms with Gasteiger partial charge in [-0.2, -0.15) is 12.6 Å². The minimum Gasteiger partial charge on any atom is -0.170 e. The summed E-state index contributed by atoms with van der Waals surface area (Å²) in [6.07, 6.45) is 0. The van der Waals surface area contributed by atoms with Gasteiger partial charge in [-0.05, 0) is 17.4 Å². The van der Waals surface area contributed by atoms with Crippen LogP contribution in [-0.2, 0) is 0 Å². The summed E-state index contributed by atoms with van der Waals surface area (Å²) in [5, 5.41) is 2.42. The van der Waals surface area contributed by atoms with Crippen molar-refractivity contribution < 1.29 is 0 Å². The van der Waals surface area contributed by atoms with Gasteiger partial charge in [0, 0.05) is 10.1 Å². The Kier molecular flexibility index (Phi) is 2.81. The molecular formula is C8H11S2. The molecule has 2 heteroatoms. The number of thiophene rings is 1. The maximum absolute atomic E-state index is 4.45. The zero-order valence-electron chi connectivity index (χ0n) is 6.16. The Morgan fingerprint density at radius 2 is 2.30 bits per heavy atom. The second kappa shape index (κ2) is 3.44. The first-order valence-corrected chi connectivity index (χ1v) is 4.63. The highest BCUT2D eigenvalue weighted by molar-refractivity contribution is 7.80. The Hall–Kier alpha value is 0.0500. The predicted octanol–water partition coefficient (Wildman–Crippen LogP) is 3.33. The van der Waals surface area contributed by atoms with E-state index in [0.717, 1.165) is 0 Å². The van der Waals surface area contributed by atoms with Crippen LogP contribution in [0.3, 0.4) is 0 Å². The van der Waals surface area contributed by atoms with Gasteiger partial charge in [0.1, 0.15) is 0 Å². The molecule has 1 atom stereocenters. The van der Waals surface area contributed by atoms with Gasteiger partial charge < -0.3 is 0 Å². The van der Waals surface area contributed by atoms with Crippen LogP contribution in [-0.4, -0.2) is 0 Å². The normalized spacial score (nSPS) is 14.0. The van der Waals surface area contributed by atoms with Crippen molar-refractivity contribution in [3.63, 3.8) is 0 Å². The third-order valence-corrected chi connectivity index (χ3v) is 3.27. The van der Waals surface area contributed by atoms with Crippen LogP contribution in [0.4, 0.5) is 0 Å². The predicted molar refractivity (Wildman–Crippen MR) is 50.6 cm³/mol. The molecule has 1 radical (unpaired) electrons. The number of hydrogen-bond donors (Lipinski definition) is 1. The third kappa shape index (κ3) is 1.77. The van der Waals surface area contributed by atoms with Gasteiger partial charge in [0.05, 0.1) is 0 Å². The lowest BCUT2D eigenvalue weighted by Gasteiger charge is -2.10. The van der Waals surface area contributed by atoms with E-state index in [1.165, 1.54) is 10.8 Å². The maximum atomic E-state index is 4.45. The Morgan fingerprint density at radius 1 is 1.60 bits per heavy atom. The van der Waals surface area contributed by atoms with Crippen LogP contribution < -0.4 is 0 Å². The van der Waals surface area contributed by atoms with E-state index in [1.54, 1.807) is 11.3 Å². The molecule has 0 aromatic carbocycles. The first-order valence-electron chi connectivity index (χ1n) is 3.23. The fourth-order valence-electron chi connectivity index (χ4n) is 0.731. The monoisotopic (exact) mass is 171 g/mol. The fourth-order valence-corrected chi connectivity index (χ4v) is 1.84. The average molecular weight is 171 g/mol. The molecule has 0 aliphatic carbocycles. The van der Waals surface area contributed by atoms with Crippen molar-refractivity contribution >= 4 is 24.0 Å². The van der Waals surface area contributed by atoms with E-state index in [-0.39, 0.29) is 0 Å². The molecule has 0 bridgehead atoms. The van der Waals surface area contributed by atoms with Gasteiger partial charge in [-0.25, -0.2) is 0 Å². The minimum atomic E-state index is 0.333. The number of thiol groups is 1. The van der Waals surface area contributed by atoms with Crippen LogP contribution in [0.2, 0.25) is 0 Å². The molecular weight excluding hydrogens is 160 g/mol. The molecule has 0 amide bonds. The van der Waals surface area contributed by atoms with Gasteiger partial charge in [0.15, 0.2) is 0 Å². The molecule has 1 aromatic heterocycles. The van der Waals surface area contributed by atoms with Crippen molar-refractivity contribution in [3.05, 3.63) is 28.3 Å². The van der Waals surface area contributed by atoms with Crippen LogP contribution in [0.25, 0.3) is 0 Å². The van der Waals surface area contributed by atoms with Crippen LogP contribution in [0.5, 0.6) is 0 Å². The molecule has 0 nitrogen and oxygen atoms in total. The lowest BCUT2D eigenvalue weighted by Crippen LogP contribution is -1.93. The lowest BCUT2D eigenvalue weighted by atomic mass is 10.1. The van der Waals surface area contributed by atoms with Gasteiger partial charge in [0.25, 0.3) is 0 Å². The minimum absolute atomic E-state index is 0.333. The molecule has 0 aliphatic heterocycles. The van der Waals surface area contributed by atoms with Gasteiger partial charge in [-0.1, -0.05) is 19.9 Å². The Labute approximate surface area is 71.7 Å². The first kappa shape index (κ1) is 8.15. The van der Waals surface area contributed by atoms with Crippen LogP contribution in [0.15, 0.2) is 17.5 Å². The Morgan fingerprint density at radius 3 is 2.70 bits per heavy atom. The largest absolute Gasteiger partial charge is 0.170 e. The second-order valence-corrected chi connectivity index (χ2v) is 3.99. The molecule has 1 aromatic rings. The molecule has 0 N–H and O–H groups in total. The summed E-state index contributed by atoms with van der Waals surface area (Å²) >= 11 is 6.22. The van der Waals surface area contributed by atoms with Gasteiger partial charge in [-0.15, -0.1) is 11.3 Å². The zero-order chi connectivity index (χ0) is 7.56. The van der Waals surface area contributed by atoms with Crippen molar-refractivity contribution in [2.24, 2.45) is 0 Å². The quantitative estimate of drug-likeness (QED) is 0.648. The fraction of sp³-hybridized carbons (Fsp3) is 0.375. The zero-order valence-corrected chi connectivity index (χ0v) is 7.88. The van der Waals surface area contributed by atoms with Crippen molar-refractivity contribution in [3.8, 4) is 0 Å². The van der Waals surface area contributed by atoms with E-state index >= 15 is 0 Å². The molecule has 55 valence electrons. The van der Waals surface area contributed by atoms with E-state index in [9.17, 15) is 0 Å². The highest BCUT2D eigenvalue weighted by atomic mass is 32.1. The molecule has 0 fully saturated rings. The van der Waals surface area contributed by atoms with Crippen LogP contribution in [0.1, 0.15) is 24.0 Å². The van der Waals surface area contributed by atoms with Crippen molar-refractivity contribution in [1.82, 2.24) is 0 Å². The summed E-state index contributed by atoms with van der Waals surface area (Å²) in [5.41, 5.74) is 0. The molecule has 1 unspecified atom stereocenters. The highest BCUT2D eigenvalue weighted by Gasteiger charge is 2.10. The van der Waals surface area contributed by atoms with E-state index in [1.807, 2.05) is 0 Å². The molecule has 0 saturated heterocycles. The Bertz CT molecular complexity index is 177. The summed E-state index contributed by atoms with van der Waals surface area (Å²) in [7, 11) is 0. The number of rotatable bonds is 2. The van der Waals surface area contributed by atoms with E-state index in [0.29, 0.717) is 5.25 Å². The van der Waals surface area contributed by atoms with E-state index < -0.39 is 0 Å². The van der Waals surface area contributed by atoms with Gasteiger partial charge in [-0.3, -0.25) is 0 Å². The van der Waals surface area contributed by atoms with Crippen molar-refractivity contribution in [2.75, 3.05) is 0 Å². The molecule has 0 spiro atoms. The third-order valence-electron chi connectivity index (χ3n) is 1.36. The molecule has 1 rings (SSSR count). The SMILES string of the molecule is C[C](C)C(S)c1cccs1.